The minimum absolute atomic E-state index is 0.0184. The lowest BCUT2D eigenvalue weighted by Crippen LogP contribution is -2.30. The number of benzene rings is 2. The molecule has 2 heterocycles. The average Bonchev–Trinajstić information content (AvgIpc) is 3.34. The van der Waals surface area contributed by atoms with Crippen molar-refractivity contribution in [2.45, 2.75) is 25.9 Å². The number of fused-ring (bicyclic) bond motifs is 1. The normalized spacial score (nSPS) is 12.1. The van der Waals surface area contributed by atoms with Gasteiger partial charge in [0.25, 0.3) is 11.9 Å². The summed E-state index contributed by atoms with van der Waals surface area (Å²) in [7, 11) is -5.66. The molecule has 0 radical (unpaired) electrons. The maximum Gasteiger partial charge on any atom is 0.516 e. The van der Waals surface area contributed by atoms with Gasteiger partial charge in [-0.15, -0.1) is 0 Å². The smallest absolute Gasteiger partial charge is 0.465 e. The van der Waals surface area contributed by atoms with Crippen molar-refractivity contribution in [1.82, 2.24) is 14.9 Å². The molecule has 4 aromatic rings. The number of hydrogen-bond acceptors (Lipinski definition) is 6. The summed E-state index contributed by atoms with van der Waals surface area (Å²) in [5, 5.41) is 3.23. The minimum Gasteiger partial charge on any atom is -0.465 e. The minimum atomic E-state index is -5.66. The van der Waals surface area contributed by atoms with Gasteiger partial charge in [0, 0.05) is 17.5 Å². The molecule has 15 heteroatoms. The molecule has 4 rings (SSSR count). The molecule has 1 amide bonds. The summed E-state index contributed by atoms with van der Waals surface area (Å²) in [5.41, 5.74) is -4.51. The Balaban J connectivity index is 1.76. The molecule has 0 fully saturated rings. The number of para-hydroxylation sites is 1. The van der Waals surface area contributed by atoms with E-state index in [1.807, 2.05) is 0 Å². The Bertz CT molecular complexity index is 1650. The van der Waals surface area contributed by atoms with Crippen LogP contribution < -0.4 is 14.8 Å². The van der Waals surface area contributed by atoms with Gasteiger partial charge in [-0.1, -0.05) is 29.8 Å². The quantitative estimate of drug-likeness (QED) is 0.224. The molecule has 0 atom stereocenters. The van der Waals surface area contributed by atoms with E-state index >= 15 is 0 Å². The third-order valence-corrected chi connectivity index (χ3v) is 7.62. The van der Waals surface area contributed by atoms with Crippen LogP contribution in [-0.4, -0.2) is 42.5 Å². The highest BCUT2D eigenvalue weighted by Crippen LogP contribution is 2.42. The first-order chi connectivity index (χ1) is 18.4. The summed E-state index contributed by atoms with van der Waals surface area (Å²) < 4.78 is 77.4. The van der Waals surface area contributed by atoms with Crippen LogP contribution in [0.1, 0.15) is 29.9 Å². The van der Waals surface area contributed by atoms with E-state index in [2.05, 4.69) is 26.2 Å². The molecule has 39 heavy (non-hydrogen) atoms. The zero-order valence-corrected chi connectivity index (χ0v) is 23.6. The maximum absolute atomic E-state index is 13.0. The summed E-state index contributed by atoms with van der Waals surface area (Å²) in [6, 6.07) is 10.8. The first kappa shape index (κ1) is 28.8. The maximum atomic E-state index is 13.0. The number of anilines is 1. The van der Waals surface area contributed by atoms with E-state index < -0.39 is 21.4 Å². The predicted octanol–water partition coefficient (Wildman–Crippen LogP) is 6.17. The molecule has 0 bridgehead atoms. The van der Waals surface area contributed by atoms with E-state index in [4.69, 9.17) is 20.8 Å². The van der Waals surface area contributed by atoms with Crippen molar-refractivity contribution in [2.24, 2.45) is 0 Å². The van der Waals surface area contributed by atoms with Gasteiger partial charge in [0.05, 0.1) is 23.3 Å². The number of ether oxygens (including phenoxy) is 1. The highest BCUT2D eigenvalue weighted by atomic mass is 79.9. The third-order valence-electron chi connectivity index (χ3n) is 5.47. The second-order valence-electron chi connectivity index (χ2n) is 8.08. The molecule has 208 valence electrons. The fourth-order valence-electron chi connectivity index (χ4n) is 3.79. The lowest BCUT2D eigenvalue weighted by Gasteiger charge is -2.13. The van der Waals surface area contributed by atoms with Gasteiger partial charge in [-0.3, -0.25) is 14.1 Å². The number of halogens is 5. The number of furan rings is 1. The molecule has 9 nitrogen and oxygen atoms in total. The molecule has 0 saturated carbocycles. The van der Waals surface area contributed by atoms with Gasteiger partial charge >= 0.3 is 15.5 Å². The van der Waals surface area contributed by atoms with Crippen molar-refractivity contribution in [3.05, 3.63) is 63.3 Å². The molecule has 2 N–H and O–H groups in total. The summed E-state index contributed by atoms with van der Waals surface area (Å²) in [6.07, 6.45) is 0. The van der Waals surface area contributed by atoms with Gasteiger partial charge in [-0.05, 0) is 59.6 Å². The Kier molecular flexibility index (Phi) is 8.19. The number of nitrogens with zero attached hydrogens (tertiary/aromatic N) is 2. The van der Waals surface area contributed by atoms with E-state index in [0.717, 1.165) is 0 Å². The van der Waals surface area contributed by atoms with Crippen molar-refractivity contribution >= 4 is 60.1 Å². The number of aromatic nitrogens is 2. The second-order valence-corrected chi connectivity index (χ2v) is 10.9. The van der Waals surface area contributed by atoms with Crippen molar-refractivity contribution in [3.63, 3.8) is 0 Å². The van der Waals surface area contributed by atoms with Crippen molar-refractivity contribution in [2.75, 3.05) is 17.9 Å². The number of rotatable bonds is 9. The largest absolute Gasteiger partial charge is 0.516 e. The van der Waals surface area contributed by atoms with Gasteiger partial charge in [-0.25, -0.2) is 0 Å². The highest BCUT2D eigenvalue weighted by Gasteiger charge is 2.46. The fraction of sp³-hybridized carbons (Fsp3) is 0.250. The number of hydrogen-bond donors (Lipinski definition) is 2. The number of imidazole rings is 1. The van der Waals surface area contributed by atoms with Gasteiger partial charge in [-0.2, -0.15) is 26.6 Å². The number of nitrogens with one attached hydrogen (secondary N) is 2. The Morgan fingerprint density at radius 1 is 1.21 bits per heavy atom. The third kappa shape index (κ3) is 5.72. The van der Waals surface area contributed by atoms with Crippen LogP contribution in [0.4, 0.5) is 18.9 Å². The Hall–Kier alpha value is -3.23. The highest BCUT2D eigenvalue weighted by molar-refractivity contribution is 9.10. The van der Waals surface area contributed by atoms with Gasteiger partial charge in [0.1, 0.15) is 11.3 Å². The molecular weight excluding hydrogens is 629 g/mol. The van der Waals surface area contributed by atoms with Crippen molar-refractivity contribution < 1.29 is 35.5 Å². The number of sulfonamides is 1. The fourth-order valence-corrected chi connectivity index (χ4v) is 5.24. The molecule has 0 aliphatic heterocycles. The summed E-state index contributed by atoms with van der Waals surface area (Å²) in [4.78, 5) is 16.8. The summed E-state index contributed by atoms with van der Waals surface area (Å²) >= 11 is 9.69. The molecule has 2 aromatic carbocycles. The van der Waals surface area contributed by atoms with E-state index in [1.165, 1.54) is 28.8 Å². The van der Waals surface area contributed by atoms with Crippen LogP contribution in [0.3, 0.4) is 0 Å². The Labute approximate surface area is 234 Å². The lowest BCUT2D eigenvalue weighted by molar-refractivity contribution is -0.0429. The first-order valence-electron chi connectivity index (χ1n) is 11.4. The Morgan fingerprint density at radius 3 is 2.59 bits per heavy atom. The molecule has 0 unspecified atom stereocenters. The molecule has 0 spiro atoms. The summed E-state index contributed by atoms with van der Waals surface area (Å²) in [5.74, 6) is -0.307. The average molecular weight is 650 g/mol. The number of carbonyl (C=O) groups excluding carboxylic acids is 1. The molecule has 2 aromatic heterocycles. The number of amides is 1. The van der Waals surface area contributed by atoms with E-state index in [1.54, 1.807) is 36.8 Å². The standard InChI is InChI=1S/C24H21BrClF3N4O5S/c1-3-30-22(34)19-21(26)31-23(37-4-2)33(19)12-13-9-10-17-15(11-13)18(25)20(38-17)14-7-5-6-8-16(14)32-39(35,36)24(27,28)29/h5-11,32H,3-4,12H2,1-2H3,(H,30,34). The van der Waals surface area contributed by atoms with E-state index in [-0.39, 0.29) is 47.0 Å². The van der Waals surface area contributed by atoms with E-state index in [0.29, 0.717) is 27.6 Å². The van der Waals surface area contributed by atoms with Gasteiger partial charge < -0.3 is 14.5 Å². The van der Waals surface area contributed by atoms with Crippen LogP contribution in [0.2, 0.25) is 5.15 Å². The van der Waals surface area contributed by atoms with Crippen molar-refractivity contribution in [3.8, 4) is 17.3 Å². The monoisotopic (exact) mass is 648 g/mol. The number of carbonyl (C=O) groups is 1. The molecule has 0 saturated heterocycles. The predicted molar refractivity (Wildman–Crippen MR) is 143 cm³/mol. The van der Waals surface area contributed by atoms with Crippen LogP contribution in [0.25, 0.3) is 22.3 Å². The van der Waals surface area contributed by atoms with Crippen LogP contribution in [0.5, 0.6) is 6.01 Å². The zero-order valence-electron chi connectivity index (χ0n) is 20.4. The molecular formula is C24H21BrClF3N4O5S. The number of alkyl halides is 3. The van der Waals surface area contributed by atoms with Crippen molar-refractivity contribution in [1.29, 1.82) is 0 Å². The molecule has 0 aliphatic carbocycles. The topological polar surface area (TPSA) is 115 Å². The molecule has 0 aliphatic rings. The van der Waals surface area contributed by atoms with Crippen LogP contribution >= 0.6 is 27.5 Å². The van der Waals surface area contributed by atoms with Crippen LogP contribution in [0, 0.1) is 0 Å². The SMILES string of the molecule is CCNC(=O)c1c(Cl)nc(OCC)n1Cc1ccc2oc(-c3ccccc3NS(=O)(=O)C(F)(F)F)c(Br)c2c1. The lowest BCUT2D eigenvalue weighted by atomic mass is 10.1. The Morgan fingerprint density at radius 2 is 1.92 bits per heavy atom. The van der Waals surface area contributed by atoms with Crippen LogP contribution in [-0.2, 0) is 16.6 Å². The van der Waals surface area contributed by atoms with Gasteiger partial charge in [0.2, 0.25) is 0 Å². The van der Waals surface area contributed by atoms with Gasteiger partial charge in [0.15, 0.2) is 10.9 Å². The van der Waals surface area contributed by atoms with Crippen LogP contribution in [0.15, 0.2) is 51.4 Å². The first-order valence-corrected chi connectivity index (χ1v) is 14.1. The summed E-state index contributed by atoms with van der Waals surface area (Å²) in [6.45, 7) is 4.34. The second kappa shape index (κ2) is 11.1. The zero-order chi connectivity index (χ0) is 28.5. The van der Waals surface area contributed by atoms with E-state index in [9.17, 15) is 26.4 Å².